The summed E-state index contributed by atoms with van der Waals surface area (Å²) in [6.07, 6.45) is 7.14. The molecule has 0 aromatic heterocycles. The molecule has 4 heteroatoms. The first-order chi connectivity index (χ1) is 10.2. The quantitative estimate of drug-likeness (QED) is 0.836. The lowest BCUT2D eigenvalue weighted by atomic mass is 10.0. The van der Waals surface area contributed by atoms with Gasteiger partial charge in [0.25, 0.3) is 0 Å². The van der Waals surface area contributed by atoms with Crippen LogP contribution >= 0.6 is 0 Å². The van der Waals surface area contributed by atoms with Crippen LogP contribution in [0.5, 0.6) is 0 Å². The third-order valence-corrected chi connectivity index (χ3v) is 4.27. The first-order valence-corrected chi connectivity index (χ1v) is 7.97. The van der Waals surface area contributed by atoms with E-state index in [0.717, 1.165) is 6.42 Å². The first-order valence-electron chi connectivity index (χ1n) is 7.97. The zero-order valence-electron chi connectivity index (χ0n) is 12.6. The Morgan fingerprint density at radius 2 is 2.00 bits per heavy atom. The standard InChI is InChI=1S/C17H25FN2O/c18-15-8-3-4-9-16(15)20(13-5-12-19)17(21)11-10-14-6-1-2-7-14/h3-4,8-9,14H,1-2,5-7,10-13,19H2. The molecule has 1 saturated carbocycles. The molecule has 1 amide bonds. The van der Waals surface area contributed by atoms with E-state index < -0.39 is 0 Å². The molecule has 1 aromatic rings. The number of amides is 1. The molecule has 3 nitrogen and oxygen atoms in total. The summed E-state index contributed by atoms with van der Waals surface area (Å²) in [4.78, 5) is 14.0. The van der Waals surface area contributed by atoms with Crippen molar-refractivity contribution in [2.45, 2.75) is 44.9 Å². The van der Waals surface area contributed by atoms with Crippen molar-refractivity contribution in [2.75, 3.05) is 18.0 Å². The van der Waals surface area contributed by atoms with Crippen molar-refractivity contribution < 1.29 is 9.18 Å². The Balaban J connectivity index is 2.00. The number of carbonyl (C=O) groups is 1. The molecular weight excluding hydrogens is 267 g/mol. The van der Waals surface area contributed by atoms with Crippen molar-refractivity contribution >= 4 is 11.6 Å². The van der Waals surface area contributed by atoms with Gasteiger partial charge in [0.2, 0.25) is 5.91 Å². The maximum Gasteiger partial charge on any atom is 0.227 e. The van der Waals surface area contributed by atoms with Gasteiger partial charge in [0.05, 0.1) is 5.69 Å². The molecule has 0 spiro atoms. The van der Waals surface area contributed by atoms with Crippen LogP contribution in [0.1, 0.15) is 44.9 Å². The van der Waals surface area contributed by atoms with Crippen LogP contribution in [0.15, 0.2) is 24.3 Å². The van der Waals surface area contributed by atoms with Crippen molar-refractivity contribution in [3.8, 4) is 0 Å². The van der Waals surface area contributed by atoms with Gasteiger partial charge in [-0.25, -0.2) is 4.39 Å². The highest BCUT2D eigenvalue weighted by molar-refractivity contribution is 5.93. The van der Waals surface area contributed by atoms with Crippen LogP contribution in [-0.4, -0.2) is 19.0 Å². The Hall–Kier alpha value is -1.42. The van der Waals surface area contributed by atoms with Crippen LogP contribution in [0.3, 0.4) is 0 Å². The molecule has 0 heterocycles. The summed E-state index contributed by atoms with van der Waals surface area (Å²) in [5, 5.41) is 0. The van der Waals surface area contributed by atoms with E-state index in [-0.39, 0.29) is 11.7 Å². The molecule has 0 bridgehead atoms. The highest BCUT2D eigenvalue weighted by Crippen LogP contribution is 2.29. The van der Waals surface area contributed by atoms with E-state index in [1.165, 1.54) is 31.7 Å². The fraction of sp³-hybridized carbons (Fsp3) is 0.588. The Labute approximate surface area is 126 Å². The molecule has 0 radical (unpaired) electrons. The van der Waals surface area contributed by atoms with Crippen LogP contribution in [0.25, 0.3) is 0 Å². The fourth-order valence-corrected chi connectivity index (χ4v) is 3.06. The average molecular weight is 292 g/mol. The molecule has 0 aliphatic heterocycles. The van der Waals surface area contributed by atoms with E-state index >= 15 is 0 Å². The molecule has 21 heavy (non-hydrogen) atoms. The van der Waals surface area contributed by atoms with E-state index in [4.69, 9.17) is 5.73 Å². The minimum atomic E-state index is -0.344. The highest BCUT2D eigenvalue weighted by Gasteiger charge is 2.21. The molecule has 2 N–H and O–H groups in total. The SMILES string of the molecule is NCCCN(C(=O)CCC1CCCC1)c1ccccc1F. The number of rotatable bonds is 7. The highest BCUT2D eigenvalue weighted by atomic mass is 19.1. The average Bonchev–Trinajstić information content (AvgIpc) is 3.00. The largest absolute Gasteiger partial charge is 0.330 e. The number of para-hydroxylation sites is 1. The van der Waals surface area contributed by atoms with Crippen molar-refractivity contribution in [1.29, 1.82) is 0 Å². The van der Waals surface area contributed by atoms with E-state index in [9.17, 15) is 9.18 Å². The van der Waals surface area contributed by atoms with Gasteiger partial charge < -0.3 is 10.6 Å². The number of halogens is 1. The number of benzene rings is 1. The minimum Gasteiger partial charge on any atom is -0.330 e. The van der Waals surface area contributed by atoms with Gasteiger partial charge in [0.15, 0.2) is 0 Å². The summed E-state index contributed by atoms with van der Waals surface area (Å²) >= 11 is 0. The Morgan fingerprint density at radius 1 is 1.29 bits per heavy atom. The van der Waals surface area contributed by atoms with Crippen LogP contribution in [0.2, 0.25) is 0 Å². The Bertz CT molecular complexity index is 458. The van der Waals surface area contributed by atoms with Gasteiger partial charge in [-0.15, -0.1) is 0 Å². The van der Waals surface area contributed by atoms with Crippen LogP contribution in [0.4, 0.5) is 10.1 Å². The molecule has 2 rings (SSSR count). The molecule has 0 atom stereocenters. The molecule has 116 valence electrons. The molecular formula is C17H25FN2O. The molecule has 1 aliphatic carbocycles. The topological polar surface area (TPSA) is 46.3 Å². The second kappa shape index (κ2) is 8.13. The van der Waals surface area contributed by atoms with Gasteiger partial charge in [-0.1, -0.05) is 37.8 Å². The Kier molecular flexibility index (Phi) is 6.18. The van der Waals surface area contributed by atoms with Gasteiger partial charge in [-0.05, 0) is 37.4 Å². The van der Waals surface area contributed by atoms with Gasteiger partial charge in [-0.2, -0.15) is 0 Å². The summed E-state index contributed by atoms with van der Waals surface area (Å²) in [7, 11) is 0. The van der Waals surface area contributed by atoms with Crippen LogP contribution in [0, 0.1) is 11.7 Å². The zero-order chi connectivity index (χ0) is 15.1. The van der Waals surface area contributed by atoms with Crippen molar-refractivity contribution in [3.05, 3.63) is 30.1 Å². The summed E-state index contributed by atoms with van der Waals surface area (Å²) in [5.41, 5.74) is 5.91. The second-order valence-corrected chi connectivity index (χ2v) is 5.83. The van der Waals surface area contributed by atoms with Crippen LogP contribution < -0.4 is 10.6 Å². The number of carbonyl (C=O) groups excluding carboxylic acids is 1. The van der Waals surface area contributed by atoms with Gasteiger partial charge in [0.1, 0.15) is 5.82 Å². The summed E-state index contributed by atoms with van der Waals surface area (Å²) < 4.78 is 13.9. The zero-order valence-corrected chi connectivity index (χ0v) is 12.6. The van der Waals surface area contributed by atoms with Crippen LogP contribution in [-0.2, 0) is 4.79 Å². The molecule has 0 unspecified atom stereocenters. The molecule has 0 saturated heterocycles. The maximum absolute atomic E-state index is 13.9. The van der Waals surface area contributed by atoms with E-state index in [1.807, 2.05) is 0 Å². The number of nitrogens with zero attached hydrogens (tertiary/aromatic N) is 1. The van der Waals surface area contributed by atoms with Crippen molar-refractivity contribution in [1.82, 2.24) is 0 Å². The first kappa shape index (κ1) is 16.0. The van der Waals surface area contributed by atoms with Crippen molar-refractivity contribution in [3.63, 3.8) is 0 Å². The second-order valence-electron chi connectivity index (χ2n) is 5.83. The Morgan fingerprint density at radius 3 is 2.67 bits per heavy atom. The summed E-state index contributed by atoms with van der Waals surface area (Å²) in [6.45, 7) is 0.988. The summed E-state index contributed by atoms with van der Waals surface area (Å²) in [5.74, 6) is 0.343. The van der Waals surface area contributed by atoms with E-state index in [0.29, 0.717) is 37.5 Å². The van der Waals surface area contributed by atoms with E-state index in [2.05, 4.69) is 0 Å². The lowest BCUT2D eigenvalue weighted by molar-refractivity contribution is -0.119. The van der Waals surface area contributed by atoms with E-state index in [1.54, 1.807) is 23.1 Å². The lowest BCUT2D eigenvalue weighted by Crippen LogP contribution is -2.33. The predicted octanol–water partition coefficient (Wildman–Crippen LogP) is 3.48. The maximum atomic E-state index is 13.9. The molecule has 1 aliphatic rings. The predicted molar refractivity (Wildman–Crippen MR) is 83.6 cm³/mol. The number of hydrogen-bond acceptors (Lipinski definition) is 2. The third kappa shape index (κ3) is 4.53. The normalized spacial score (nSPS) is 15.3. The number of anilines is 1. The number of nitrogens with two attached hydrogens (primary N) is 1. The lowest BCUT2D eigenvalue weighted by Gasteiger charge is -2.24. The summed E-state index contributed by atoms with van der Waals surface area (Å²) in [6, 6.07) is 6.47. The van der Waals surface area contributed by atoms with Crippen molar-refractivity contribution in [2.24, 2.45) is 11.7 Å². The minimum absolute atomic E-state index is 0.0143. The fourth-order valence-electron chi connectivity index (χ4n) is 3.06. The molecule has 1 fully saturated rings. The third-order valence-electron chi connectivity index (χ3n) is 4.27. The van der Waals surface area contributed by atoms with Gasteiger partial charge in [-0.3, -0.25) is 4.79 Å². The van der Waals surface area contributed by atoms with Gasteiger partial charge in [0, 0.05) is 13.0 Å². The number of hydrogen-bond donors (Lipinski definition) is 1. The molecule has 1 aromatic carbocycles. The monoisotopic (exact) mass is 292 g/mol. The smallest absolute Gasteiger partial charge is 0.227 e. The van der Waals surface area contributed by atoms with Gasteiger partial charge >= 0.3 is 0 Å².